The van der Waals surface area contributed by atoms with Gasteiger partial charge in [0.1, 0.15) is 5.84 Å². The molecule has 1 aliphatic carbocycles. The Balaban J connectivity index is 2.24. The summed E-state index contributed by atoms with van der Waals surface area (Å²) in [5.74, 6) is 1.92. The Hall–Kier alpha value is -1.31. The van der Waals surface area contributed by atoms with E-state index in [-0.39, 0.29) is 0 Å². The first kappa shape index (κ1) is 12.2. The zero-order chi connectivity index (χ0) is 12.3. The first-order chi connectivity index (χ1) is 8.20. The second kappa shape index (κ2) is 5.35. The molecule has 17 heavy (non-hydrogen) atoms. The first-order valence-electron chi connectivity index (χ1n) is 6.55. The number of nitrogens with zero attached hydrogens (tertiary/aromatic N) is 2. The molecular weight excluding hydrogens is 208 g/mol. The molecule has 0 amide bonds. The zero-order valence-electron chi connectivity index (χ0n) is 11.1. The van der Waals surface area contributed by atoms with Gasteiger partial charge in [-0.1, -0.05) is 25.5 Å². The minimum Gasteiger partial charge on any atom is -0.366 e. The van der Waals surface area contributed by atoms with Crippen LogP contribution in [0, 0.1) is 5.92 Å². The van der Waals surface area contributed by atoms with Gasteiger partial charge in [0, 0.05) is 20.0 Å². The molecule has 1 aliphatic rings. The number of benzene rings is 1. The van der Waals surface area contributed by atoms with Crippen LogP contribution in [0.2, 0.25) is 0 Å². The van der Waals surface area contributed by atoms with Crippen LogP contribution >= 0.6 is 0 Å². The van der Waals surface area contributed by atoms with Gasteiger partial charge in [-0.2, -0.15) is 0 Å². The maximum Gasteiger partial charge on any atom is 0.107 e. The molecule has 0 radical (unpaired) electrons. The number of hydrogen-bond acceptors (Lipinski definition) is 1. The summed E-state index contributed by atoms with van der Waals surface area (Å²) < 4.78 is 0. The number of hydrogen-bond donors (Lipinski definition) is 0. The highest BCUT2D eigenvalue weighted by Crippen LogP contribution is 2.30. The highest BCUT2D eigenvalue weighted by atomic mass is 15.1. The second-order valence-electron chi connectivity index (χ2n) is 5.02. The lowest BCUT2D eigenvalue weighted by atomic mass is 9.84. The van der Waals surface area contributed by atoms with E-state index in [0.29, 0.717) is 5.92 Å². The summed E-state index contributed by atoms with van der Waals surface area (Å²) >= 11 is 0. The molecule has 0 spiro atoms. The molecule has 2 rings (SSSR count). The van der Waals surface area contributed by atoms with Crippen LogP contribution < -0.4 is 0 Å². The predicted octanol–water partition coefficient (Wildman–Crippen LogP) is 3.64. The molecule has 0 N–H and O–H groups in total. The lowest BCUT2D eigenvalue weighted by molar-refractivity contribution is 0.379. The summed E-state index contributed by atoms with van der Waals surface area (Å²) in [7, 11) is 4.20. The van der Waals surface area contributed by atoms with Gasteiger partial charge in [0.2, 0.25) is 0 Å². The summed E-state index contributed by atoms with van der Waals surface area (Å²) in [5.41, 5.74) is 2.46. The highest BCUT2D eigenvalue weighted by molar-refractivity contribution is 5.87. The minimum atomic E-state index is 0.676. The van der Waals surface area contributed by atoms with Gasteiger partial charge in [0.05, 0.1) is 5.69 Å². The van der Waals surface area contributed by atoms with Crippen molar-refractivity contribution in [2.24, 2.45) is 10.9 Å². The lowest BCUT2D eigenvalue weighted by Crippen LogP contribution is -2.33. The summed E-state index contributed by atoms with van der Waals surface area (Å²) in [6, 6.07) is 8.56. The van der Waals surface area contributed by atoms with Gasteiger partial charge < -0.3 is 4.90 Å². The maximum atomic E-state index is 4.83. The van der Waals surface area contributed by atoms with Gasteiger partial charge in [-0.05, 0) is 37.0 Å². The Labute approximate surface area is 104 Å². The Morgan fingerprint density at radius 2 is 2.12 bits per heavy atom. The number of rotatable bonds is 3. The quantitative estimate of drug-likeness (QED) is 0.572. The molecule has 0 heterocycles. The average molecular weight is 230 g/mol. The van der Waals surface area contributed by atoms with Crippen LogP contribution in [-0.2, 0) is 6.42 Å². The third-order valence-electron chi connectivity index (χ3n) is 3.49. The number of aryl methyl sites for hydroxylation is 1. The van der Waals surface area contributed by atoms with Crippen molar-refractivity contribution in [3.8, 4) is 0 Å². The molecule has 0 atom stereocenters. The third kappa shape index (κ3) is 2.87. The molecule has 0 aromatic heterocycles. The van der Waals surface area contributed by atoms with Crippen molar-refractivity contribution < 1.29 is 0 Å². The van der Waals surface area contributed by atoms with Crippen LogP contribution in [0.3, 0.4) is 0 Å². The first-order valence-corrected chi connectivity index (χ1v) is 6.55. The fourth-order valence-corrected chi connectivity index (χ4v) is 2.20. The van der Waals surface area contributed by atoms with Crippen molar-refractivity contribution in [1.29, 1.82) is 0 Å². The monoisotopic (exact) mass is 230 g/mol. The Bertz CT molecular complexity index is 403. The predicted molar refractivity (Wildman–Crippen MR) is 73.9 cm³/mol. The molecule has 0 saturated heterocycles. The molecular formula is C15H22N2. The fraction of sp³-hybridized carbons (Fsp3) is 0.533. The minimum absolute atomic E-state index is 0.676. The van der Waals surface area contributed by atoms with E-state index >= 15 is 0 Å². The third-order valence-corrected chi connectivity index (χ3v) is 3.49. The van der Waals surface area contributed by atoms with E-state index in [0.717, 1.165) is 12.1 Å². The van der Waals surface area contributed by atoms with Crippen LogP contribution in [-0.4, -0.2) is 24.8 Å². The van der Waals surface area contributed by atoms with Gasteiger partial charge in [-0.25, -0.2) is 4.99 Å². The van der Waals surface area contributed by atoms with E-state index in [1.807, 2.05) is 0 Å². The van der Waals surface area contributed by atoms with E-state index in [9.17, 15) is 0 Å². The summed E-state index contributed by atoms with van der Waals surface area (Å²) in [4.78, 5) is 7.00. The Morgan fingerprint density at radius 3 is 2.65 bits per heavy atom. The molecule has 1 saturated carbocycles. The van der Waals surface area contributed by atoms with Crippen molar-refractivity contribution in [3.63, 3.8) is 0 Å². The van der Waals surface area contributed by atoms with Crippen LogP contribution in [0.4, 0.5) is 5.69 Å². The summed E-state index contributed by atoms with van der Waals surface area (Å²) in [6.45, 7) is 2.18. The number of aliphatic imine (C=N–C) groups is 1. The average Bonchev–Trinajstić information content (AvgIpc) is 2.26. The Morgan fingerprint density at radius 1 is 1.35 bits per heavy atom. The van der Waals surface area contributed by atoms with Crippen LogP contribution in [0.15, 0.2) is 29.3 Å². The molecule has 2 heteroatoms. The number of amidine groups is 1. The standard InChI is InChI=1S/C15H22N2/c1-4-12-7-5-10-14(11-12)16-15(17(2)3)13-8-6-9-13/h5,7,10-11,13H,4,6,8-9H2,1-3H3. The topological polar surface area (TPSA) is 15.6 Å². The summed E-state index contributed by atoms with van der Waals surface area (Å²) in [6.07, 6.45) is 5.02. The van der Waals surface area contributed by atoms with Crippen LogP contribution in [0.25, 0.3) is 0 Å². The second-order valence-corrected chi connectivity index (χ2v) is 5.02. The van der Waals surface area contributed by atoms with Gasteiger partial charge >= 0.3 is 0 Å². The lowest BCUT2D eigenvalue weighted by Gasteiger charge is -2.31. The van der Waals surface area contributed by atoms with E-state index in [2.05, 4.69) is 50.2 Å². The SMILES string of the molecule is CCc1cccc(N=C(C2CCC2)N(C)C)c1. The molecule has 1 fully saturated rings. The molecule has 92 valence electrons. The van der Waals surface area contributed by atoms with Crippen molar-refractivity contribution in [2.75, 3.05) is 14.1 Å². The van der Waals surface area contributed by atoms with Crippen molar-refractivity contribution >= 4 is 11.5 Å². The maximum absolute atomic E-state index is 4.83. The Kier molecular flexibility index (Phi) is 3.82. The van der Waals surface area contributed by atoms with Gasteiger partial charge in [-0.15, -0.1) is 0 Å². The van der Waals surface area contributed by atoms with E-state index in [1.165, 1.54) is 30.7 Å². The van der Waals surface area contributed by atoms with Gasteiger partial charge in [-0.3, -0.25) is 0 Å². The molecule has 0 aliphatic heterocycles. The largest absolute Gasteiger partial charge is 0.366 e. The van der Waals surface area contributed by atoms with Crippen molar-refractivity contribution in [1.82, 2.24) is 4.90 Å². The van der Waals surface area contributed by atoms with Crippen LogP contribution in [0.5, 0.6) is 0 Å². The van der Waals surface area contributed by atoms with Crippen molar-refractivity contribution in [2.45, 2.75) is 32.6 Å². The van der Waals surface area contributed by atoms with Crippen LogP contribution in [0.1, 0.15) is 31.7 Å². The molecule has 1 aromatic rings. The van der Waals surface area contributed by atoms with Gasteiger partial charge in [0.25, 0.3) is 0 Å². The van der Waals surface area contributed by atoms with E-state index < -0.39 is 0 Å². The molecule has 0 unspecified atom stereocenters. The molecule has 1 aromatic carbocycles. The summed E-state index contributed by atoms with van der Waals surface area (Å²) in [5, 5.41) is 0. The van der Waals surface area contributed by atoms with Gasteiger partial charge in [0.15, 0.2) is 0 Å². The molecule has 0 bridgehead atoms. The normalized spacial score (nSPS) is 16.8. The highest BCUT2D eigenvalue weighted by Gasteiger charge is 2.24. The fourth-order valence-electron chi connectivity index (χ4n) is 2.20. The zero-order valence-corrected chi connectivity index (χ0v) is 11.1. The van der Waals surface area contributed by atoms with Crippen molar-refractivity contribution in [3.05, 3.63) is 29.8 Å². The van der Waals surface area contributed by atoms with E-state index in [4.69, 9.17) is 4.99 Å². The smallest absolute Gasteiger partial charge is 0.107 e. The molecule has 2 nitrogen and oxygen atoms in total. The van der Waals surface area contributed by atoms with E-state index in [1.54, 1.807) is 0 Å².